The van der Waals surface area contributed by atoms with Gasteiger partial charge >= 0.3 is 0 Å². The van der Waals surface area contributed by atoms with E-state index in [4.69, 9.17) is 4.74 Å². The average molecular weight is 361 g/mol. The minimum Gasteiger partial charge on any atom is -0.497 e. The van der Waals surface area contributed by atoms with Crippen molar-refractivity contribution in [3.63, 3.8) is 0 Å². The number of methoxy groups -OCH3 is 1. The zero-order valence-corrected chi connectivity index (χ0v) is 15.1. The minimum atomic E-state index is -0.123. The van der Waals surface area contributed by atoms with Crippen molar-refractivity contribution < 1.29 is 14.8 Å². The van der Waals surface area contributed by atoms with Crippen molar-refractivity contribution in [2.24, 2.45) is 0 Å². The van der Waals surface area contributed by atoms with Crippen LogP contribution in [-0.2, 0) is 4.79 Å². The maximum absolute atomic E-state index is 11.2. The van der Waals surface area contributed by atoms with Gasteiger partial charge in [-0.2, -0.15) is 4.98 Å². The molecule has 0 aliphatic heterocycles. The van der Waals surface area contributed by atoms with Crippen LogP contribution in [0.25, 0.3) is 10.6 Å². The number of quaternary nitrogens is 1. The number of nitrogens with two attached hydrogens (primary N) is 1. The number of hydrogen-bond donors (Lipinski definition) is 2. The first-order valence-corrected chi connectivity index (χ1v) is 8.94. The van der Waals surface area contributed by atoms with Crippen LogP contribution in [0.4, 0.5) is 16.0 Å². The van der Waals surface area contributed by atoms with E-state index < -0.39 is 0 Å². The highest BCUT2D eigenvalue weighted by atomic mass is 32.1. The first-order valence-electron chi connectivity index (χ1n) is 7.25. The predicted octanol–water partition coefficient (Wildman–Crippen LogP) is 3.07. The summed E-state index contributed by atoms with van der Waals surface area (Å²) in [5.74, 6) is 0.708. The summed E-state index contributed by atoms with van der Waals surface area (Å²) in [6.45, 7) is 3.39. The lowest BCUT2D eigenvalue weighted by Crippen LogP contribution is -2.70. The number of thiazole rings is 2. The summed E-state index contributed by atoms with van der Waals surface area (Å²) in [5.41, 5.74) is 2.81. The first-order chi connectivity index (χ1) is 11.5. The maximum atomic E-state index is 11.2. The van der Waals surface area contributed by atoms with Crippen LogP contribution >= 0.6 is 22.7 Å². The Balaban J connectivity index is 1.77. The third-order valence-corrected chi connectivity index (χ3v) is 5.13. The second-order valence-electron chi connectivity index (χ2n) is 5.10. The van der Waals surface area contributed by atoms with Crippen LogP contribution in [0, 0.1) is 6.92 Å². The Kier molecular flexibility index (Phi) is 4.89. The summed E-state index contributed by atoms with van der Waals surface area (Å²) in [4.78, 5) is 21.2. The molecule has 0 bridgehead atoms. The molecule has 3 rings (SSSR count). The number of nitrogens with one attached hydrogen (secondary N) is 1. The van der Waals surface area contributed by atoms with Crippen molar-refractivity contribution >= 4 is 44.5 Å². The number of amides is 1. The van der Waals surface area contributed by atoms with Crippen molar-refractivity contribution in [1.29, 1.82) is 0 Å². The molecule has 2 aromatic heterocycles. The highest BCUT2D eigenvalue weighted by Gasteiger charge is 2.15. The molecule has 0 aliphatic carbocycles. The number of ether oxygens (including phenoxy) is 1. The van der Waals surface area contributed by atoms with Crippen molar-refractivity contribution in [2.45, 2.75) is 13.8 Å². The Bertz CT molecular complexity index is 855. The maximum Gasteiger partial charge on any atom is 0.288 e. The van der Waals surface area contributed by atoms with Gasteiger partial charge in [-0.05, 0) is 19.1 Å². The molecule has 2 heterocycles. The molecule has 0 spiro atoms. The van der Waals surface area contributed by atoms with Gasteiger partial charge in [-0.1, -0.05) is 22.7 Å². The molecule has 1 amide bonds. The number of anilines is 1. The largest absolute Gasteiger partial charge is 0.497 e. The fourth-order valence-corrected chi connectivity index (χ4v) is 3.94. The van der Waals surface area contributed by atoms with E-state index >= 15 is 0 Å². The third kappa shape index (κ3) is 3.78. The number of benzene rings is 1. The summed E-state index contributed by atoms with van der Waals surface area (Å²) in [6.07, 6.45) is 0. The van der Waals surface area contributed by atoms with Crippen LogP contribution in [0.5, 0.6) is 5.75 Å². The summed E-state index contributed by atoms with van der Waals surface area (Å²) in [5, 5.41) is 8.27. The molecule has 0 fully saturated rings. The van der Waals surface area contributed by atoms with Crippen molar-refractivity contribution in [3.05, 3.63) is 35.3 Å². The standard InChI is InChI=1S/C16H16N4O2S2/c1-9-14(24-16(17-9)18-10(2)21)13-8-23-15(20-13)19-11-4-6-12(22-3)7-5-11/h4-8H,1-3H3,(H,19,20)(H,17,18,21)/p+1. The number of rotatable bonds is 5. The molecule has 6 nitrogen and oxygen atoms in total. The van der Waals surface area contributed by atoms with Gasteiger partial charge in [0.1, 0.15) is 11.4 Å². The van der Waals surface area contributed by atoms with E-state index in [1.807, 2.05) is 41.9 Å². The predicted molar refractivity (Wildman–Crippen MR) is 96.5 cm³/mol. The average Bonchev–Trinajstić information content (AvgIpc) is 3.14. The van der Waals surface area contributed by atoms with E-state index in [2.05, 4.69) is 15.3 Å². The summed E-state index contributed by atoms with van der Waals surface area (Å²) in [6, 6.07) is 7.83. The number of carbonyl (C=O) groups is 1. The SMILES string of the molecule is COc1ccc([NH2+]c2nc(-c3sc(NC(C)=O)nc3C)cs2)cc1. The zero-order chi connectivity index (χ0) is 17.1. The van der Waals surface area contributed by atoms with Crippen molar-refractivity contribution in [1.82, 2.24) is 9.97 Å². The molecular weight excluding hydrogens is 344 g/mol. The van der Waals surface area contributed by atoms with Gasteiger partial charge in [0.2, 0.25) is 5.91 Å². The van der Waals surface area contributed by atoms with Gasteiger partial charge in [0, 0.05) is 24.4 Å². The number of aryl methyl sites for hydroxylation is 1. The molecule has 3 aromatic rings. The highest BCUT2D eigenvalue weighted by molar-refractivity contribution is 7.19. The molecule has 1 aromatic carbocycles. The number of aromatic nitrogens is 2. The molecule has 0 aliphatic rings. The first kappa shape index (κ1) is 16.6. The van der Waals surface area contributed by atoms with Crippen LogP contribution in [0.1, 0.15) is 12.6 Å². The van der Waals surface area contributed by atoms with Gasteiger partial charge in [-0.3, -0.25) is 10.1 Å². The van der Waals surface area contributed by atoms with Gasteiger partial charge in [-0.25, -0.2) is 4.98 Å². The molecule has 0 atom stereocenters. The second kappa shape index (κ2) is 7.08. The normalized spacial score (nSPS) is 10.6. The fraction of sp³-hybridized carbons (Fsp3) is 0.188. The molecule has 0 unspecified atom stereocenters. The molecule has 8 heteroatoms. The van der Waals surface area contributed by atoms with E-state index in [0.29, 0.717) is 5.13 Å². The van der Waals surface area contributed by atoms with E-state index in [0.717, 1.165) is 32.8 Å². The second-order valence-corrected chi connectivity index (χ2v) is 6.99. The molecule has 0 radical (unpaired) electrons. The molecule has 124 valence electrons. The molecule has 0 saturated carbocycles. The highest BCUT2D eigenvalue weighted by Crippen LogP contribution is 2.33. The molecular formula is C16H17N4O2S2+. The van der Waals surface area contributed by atoms with E-state index in [-0.39, 0.29) is 5.91 Å². The summed E-state index contributed by atoms with van der Waals surface area (Å²) >= 11 is 3.01. The number of hydrogen-bond acceptors (Lipinski definition) is 6. The zero-order valence-electron chi connectivity index (χ0n) is 13.5. The van der Waals surface area contributed by atoms with Crippen molar-refractivity contribution in [3.8, 4) is 16.3 Å². The molecule has 0 saturated heterocycles. The third-order valence-electron chi connectivity index (χ3n) is 3.24. The Morgan fingerprint density at radius 1 is 1.25 bits per heavy atom. The van der Waals surface area contributed by atoms with Crippen LogP contribution in [0.15, 0.2) is 29.6 Å². The summed E-state index contributed by atoms with van der Waals surface area (Å²) < 4.78 is 5.16. The smallest absolute Gasteiger partial charge is 0.288 e. The van der Waals surface area contributed by atoms with Crippen LogP contribution in [0.3, 0.4) is 0 Å². The van der Waals surface area contributed by atoms with Crippen molar-refractivity contribution in [2.75, 3.05) is 12.4 Å². The minimum absolute atomic E-state index is 0.123. The van der Waals surface area contributed by atoms with E-state index in [1.54, 1.807) is 18.4 Å². The number of carbonyl (C=O) groups excluding carboxylic acids is 1. The number of nitrogens with zero attached hydrogens (tertiary/aromatic N) is 2. The fourth-order valence-electron chi connectivity index (χ4n) is 2.14. The lowest BCUT2D eigenvalue weighted by Gasteiger charge is -1.99. The Morgan fingerprint density at radius 2 is 2.00 bits per heavy atom. The topological polar surface area (TPSA) is 80.7 Å². The monoisotopic (exact) mass is 361 g/mol. The van der Waals surface area contributed by atoms with Crippen LogP contribution in [0.2, 0.25) is 0 Å². The van der Waals surface area contributed by atoms with Crippen LogP contribution in [-0.4, -0.2) is 23.0 Å². The van der Waals surface area contributed by atoms with E-state index in [9.17, 15) is 4.79 Å². The van der Waals surface area contributed by atoms with Crippen LogP contribution < -0.4 is 15.4 Å². The van der Waals surface area contributed by atoms with Gasteiger partial charge in [-0.15, -0.1) is 0 Å². The van der Waals surface area contributed by atoms with Gasteiger partial charge < -0.3 is 10.1 Å². The Morgan fingerprint density at radius 3 is 2.67 bits per heavy atom. The lowest BCUT2D eigenvalue weighted by atomic mass is 10.3. The Labute approximate surface area is 147 Å². The molecule has 3 N–H and O–H groups in total. The summed E-state index contributed by atoms with van der Waals surface area (Å²) in [7, 11) is 1.65. The lowest BCUT2D eigenvalue weighted by molar-refractivity contribution is -0.478. The Hall–Kier alpha value is -2.29. The van der Waals surface area contributed by atoms with Gasteiger partial charge in [0.05, 0.1) is 23.4 Å². The quantitative estimate of drug-likeness (QED) is 0.685. The van der Waals surface area contributed by atoms with E-state index in [1.165, 1.54) is 18.3 Å². The molecule has 24 heavy (non-hydrogen) atoms. The van der Waals surface area contributed by atoms with Gasteiger partial charge in [0.25, 0.3) is 5.13 Å². The van der Waals surface area contributed by atoms with Gasteiger partial charge in [0.15, 0.2) is 5.13 Å².